The molecule has 1 atom stereocenters. The SMILES string of the molecule is CC1CN(C)CCCN1Cc1cccc(N)c1. The molecule has 1 unspecified atom stereocenters. The van der Waals surface area contributed by atoms with Gasteiger partial charge < -0.3 is 10.6 Å². The summed E-state index contributed by atoms with van der Waals surface area (Å²) in [6.07, 6.45) is 1.25. The molecule has 1 aromatic rings. The van der Waals surface area contributed by atoms with E-state index >= 15 is 0 Å². The largest absolute Gasteiger partial charge is 0.399 e. The Hall–Kier alpha value is -1.06. The minimum Gasteiger partial charge on any atom is -0.399 e. The van der Waals surface area contributed by atoms with E-state index < -0.39 is 0 Å². The van der Waals surface area contributed by atoms with Gasteiger partial charge in [-0.1, -0.05) is 12.1 Å². The zero-order valence-corrected chi connectivity index (χ0v) is 10.9. The van der Waals surface area contributed by atoms with E-state index in [2.05, 4.69) is 35.9 Å². The van der Waals surface area contributed by atoms with E-state index in [4.69, 9.17) is 5.73 Å². The Balaban J connectivity index is 2.02. The fraction of sp³-hybridized carbons (Fsp3) is 0.571. The van der Waals surface area contributed by atoms with Gasteiger partial charge in [0.2, 0.25) is 0 Å². The number of nitrogens with two attached hydrogens (primary N) is 1. The summed E-state index contributed by atoms with van der Waals surface area (Å²) in [5.41, 5.74) is 8.01. The molecule has 2 N–H and O–H groups in total. The van der Waals surface area contributed by atoms with Gasteiger partial charge in [-0.25, -0.2) is 0 Å². The average Bonchev–Trinajstić information content (AvgIpc) is 2.41. The summed E-state index contributed by atoms with van der Waals surface area (Å²) in [4.78, 5) is 4.97. The number of likely N-dealkylation sites (N-methyl/N-ethyl adjacent to an activating group) is 1. The standard InChI is InChI=1S/C14H23N3/c1-12-10-16(2)7-4-8-17(12)11-13-5-3-6-14(15)9-13/h3,5-6,9,12H,4,7-8,10-11,15H2,1-2H3. The molecule has 0 saturated carbocycles. The third-order valence-electron chi connectivity index (χ3n) is 3.52. The summed E-state index contributed by atoms with van der Waals surface area (Å²) < 4.78 is 0. The first kappa shape index (κ1) is 12.4. The zero-order chi connectivity index (χ0) is 12.3. The van der Waals surface area contributed by atoms with Crippen LogP contribution in [0.4, 0.5) is 5.69 Å². The Morgan fingerprint density at radius 3 is 2.94 bits per heavy atom. The summed E-state index contributed by atoms with van der Waals surface area (Å²) in [5.74, 6) is 0. The number of rotatable bonds is 2. The van der Waals surface area contributed by atoms with Crippen molar-refractivity contribution < 1.29 is 0 Å². The van der Waals surface area contributed by atoms with Crippen LogP contribution in [0, 0.1) is 0 Å². The molecule has 1 aromatic carbocycles. The lowest BCUT2D eigenvalue weighted by Crippen LogP contribution is -2.37. The van der Waals surface area contributed by atoms with E-state index in [9.17, 15) is 0 Å². The highest BCUT2D eigenvalue weighted by atomic mass is 15.2. The Morgan fingerprint density at radius 1 is 1.35 bits per heavy atom. The van der Waals surface area contributed by atoms with Crippen molar-refractivity contribution in [3.8, 4) is 0 Å². The quantitative estimate of drug-likeness (QED) is 0.791. The molecular formula is C14H23N3. The maximum absolute atomic E-state index is 5.82. The van der Waals surface area contributed by atoms with Gasteiger partial charge in [-0.3, -0.25) is 4.90 Å². The molecule has 0 aromatic heterocycles. The molecule has 1 saturated heterocycles. The minimum atomic E-state index is 0.615. The molecule has 3 nitrogen and oxygen atoms in total. The van der Waals surface area contributed by atoms with E-state index in [0.29, 0.717) is 6.04 Å². The molecule has 1 fully saturated rings. The van der Waals surface area contributed by atoms with Crippen molar-refractivity contribution in [1.29, 1.82) is 0 Å². The van der Waals surface area contributed by atoms with Gasteiger partial charge in [0.25, 0.3) is 0 Å². The fourth-order valence-electron chi connectivity index (χ4n) is 2.58. The molecule has 0 radical (unpaired) electrons. The van der Waals surface area contributed by atoms with Crippen LogP contribution >= 0.6 is 0 Å². The predicted octanol–water partition coefficient (Wildman–Crippen LogP) is 1.79. The van der Waals surface area contributed by atoms with Crippen molar-refractivity contribution in [2.75, 3.05) is 32.4 Å². The van der Waals surface area contributed by atoms with Crippen LogP contribution in [-0.4, -0.2) is 42.5 Å². The summed E-state index contributed by atoms with van der Waals surface area (Å²) in [6.45, 7) is 6.87. The van der Waals surface area contributed by atoms with Crippen molar-refractivity contribution in [3.05, 3.63) is 29.8 Å². The van der Waals surface area contributed by atoms with Crippen molar-refractivity contribution in [2.45, 2.75) is 25.9 Å². The second kappa shape index (κ2) is 5.52. The van der Waals surface area contributed by atoms with Crippen LogP contribution in [0.2, 0.25) is 0 Å². The lowest BCUT2D eigenvalue weighted by atomic mass is 10.1. The maximum atomic E-state index is 5.82. The molecule has 94 valence electrons. The van der Waals surface area contributed by atoms with Gasteiger partial charge in [-0.15, -0.1) is 0 Å². The number of benzene rings is 1. The molecule has 0 bridgehead atoms. The van der Waals surface area contributed by atoms with Gasteiger partial charge in [0.15, 0.2) is 0 Å². The first-order chi connectivity index (χ1) is 8.15. The predicted molar refractivity (Wildman–Crippen MR) is 72.8 cm³/mol. The van der Waals surface area contributed by atoms with Crippen molar-refractivity contribution in [2.24, 2.45) is 0 Å². The topological polar surface area (TPSA) is 32.5 Å². The highest BCUT2D eigenvalue weighted by Gasteiger charge is 2.19. The Bertz CT molecular complexity index is 364. The van der Waals surface area contributed by atoms with E-state index in [1.54, 1.807) is 0 Å². The van der Waals surface area contributed by atoms with Gasteiger partial charge in [0, 0.05) is 31.4 Å². The molecule has 2 rings (SSSR count). The number of nitrogen functional groups attached to an aromatic ring is 1. The van der Waals surface area contributed by atoms with E-state index in [1.165, 1.54) is 25.1 Å². The average molecular weight is 233 g/mol. The molecule has 3 heteroatoms. The molecule has 1 aliphatic heterocycles. The van der Waals surface area contributed by atoms with Crippen LogP contribution in [0.25, 0.3) is 0 Å². The highest BCUT2D eigenvalue weighted by molar-refractivity contribution is 5.40. The summed E-state index contributed by atoms with van der Waals surface area (Å²) in [7, 11) is 2.21. The van der Waals surface area contributed by atoms with Crippen molar-refractivity contribution in [1.82, 2.24) is 9.80 Å². The summed E-state index contributed by atoms with van der Waals surface area (Å²) in [5, 5.41) is 0. The van der Waals surface area contributed by atoms with Crippen LogP contribution in [-0.2, 0) is 6.54 Å². The fourth-order valence-corrected chi connectivity index (χ4v) is 2.58. The van der Waals surface area contributed by atoms with E-state index in [-0.39, 0.29) is 0 Å². The van der Waals surface area contributed by atoms with Crippen LogP contribution in [0.3, 0.4) is 0 Å². The summed E-state index contributed by atoms with van der Waals surface area (Å²) in [6, 6.07) is 8.85. The van der Waals surface area contributed by atoms with Gasteiger partial charge in [-0.05, 0) is 44.6 Å². The van der Waals surface area contributed by atoms with Crippen molar-refractivity contribution >= 4 is 5.69 Å². The smallest absolute Gasteiger partial charge is 0.0317 e. The lowest BCUT2D eigenvalue weighted by Gasteiger charge is -2.27. The van der Waals surface area contributed by atoms with Gasteiger partial charge in [0.1, 0.15) is 0 Å². The normalized spacial score (nSPS) is 23.5. The molecule has 0 aliphatic carbocycles. The maximum Gasteiger partial charge on any atom is 0.0317 e. The first-order valence-corrected chi connectivity index (χ1v) is 6.42. The minimum absolute atomic E-state index is 0.615. The van der Waals surface area contributed by atoms with E-state index in [0.717, 1.165) is 18.8 Å². The monoisotopic (exact) mass is 233 g/mol. The molecule has 1 heterocycles. The second-order valence-electron chi connectivity index (χ2n) is 5.18. The molecule has 17 heavy (non-hydrogen) atoms. The Morgan fingerprint density at radius 2 is 2.18 bits per heavy atom. The second-order valence-corrected chi connectivity index (χ2v) is 5.18. The van der Waals surface area contributed by atoms with Gasteiger partial charge in [-0.2, -0.15) is 0 Å². The lowest BCUT2D eigenvalue weighted by molar-refractivity contribution is 0.194. The molecular weight excluding hydrogens is 210 g/mol. The number of hydrogen-bond acceptors (Lipinski definition) is 3. The molecule has 0 spiro atoms. The van der Waals surface area contributed by atoms with Crippen LogP contribution in [0.15, 0.2) is 24.3 Å². The zero-order valence-electron chi connectivity index (χ0n) is 10.9. The Kier molecular flexibility index (Phi) is 4.02. The van der Waals surface area contributed by atoms with Gasteiger partial charge >= 0.3 is 0 Å². The Labute approximate surface area is 104 Å². The van der Waals surface area contributed by atoms with Crippen LogP contribution in [0.1, 0.15) is 18.9 Å². The third-order valence-corrected chi connectivity index (χ3v) is 3.52. The summed E-state index contributed by atoms with van der Waals surface area (Å²) >= 11 is 0. The number of hydrogen-bond donors (Lipinski definition) is 1. The first-order valence-electron chi connectivity index (χ1n) is 6.42. The van der Waals surface area contributed by atoms with E-state index in [1.807, 2.05) is 12.1 Å². The highest BCUT2D eigenvalue weighted by Crippen LogP contribution is 2.14. The third kappa shape index (κ3) is 3.45. The van der Waals surface area contributed by atoms with Gasteiger partial charge in [0.05, 0.1) is 0 Å². The van der Waals surface area contributed by atoms with Crippen LogP contribution in [0.5, 0.6) is 0 Å². The number of nitrogens with zero attached hydrogens (tertiary/aromatic N) is 2. The number of anilines is 1. The molecule has 0 amide bonds. The van der Waals surface area contributed by atoms with Crippen molar-refractivity contribution in [3.63, 3.8) is 0 Å². The molecule has 1 aliphatic rings. The van der Waals surface area contributed by atoms with Crippen LogP contribution < -0.4 is 5.73 Å².